The number of aromatic carboxylic acids is 1. The SMILES string of the molecule is O=C1CN(S(=O)(=O)c2ccc(C(=O)O)o2)CCN1. The van der Waals surface area contributed by atoms with Gasteiger partial charge in [-0.2, -0.15) is 4.31 Å². The first-order valence-corrected chi connectivity index (χ1v) is 6.45. The van der Waals surface area contributed by atoms with Crippen LogP contribution in [0.1, 0.15) is 10.6 Å². The predicted molar refractivity (Wildman–Crippen MR) is 57.4 cm³/mol. The van der Waals surface area contributed by atoms with E-state index in [2.05, 4.69) is 5.32 Å². The number of carboxylic acid groups (broad SMARTS) is 1. The number of rotatable bonds is 3. The summed E-state index contributed by atoms with van der Waals surface area (Å²) in [6.07, 6.45) is 0. The standard InChI is InChI=1S/C9H10N2O6S/c12-7-5-11(4-3-10-7)18(15,16)8-2-1-6(17-8)9(13)14/h1-2H,3-5H2,(H,10,12)(H,13,14). The molecule has 0 bridgehead atoms. The van der Waals surface area contributed by atoms with E-state index in [4.69, 9.17) is 9.52 Å². The average molecular weight is 274 g/mol. The number of piperazine rings is 1. The van der Waals surface area contributed by atoms with Crippen molar-refractivity contribution in [2.75, 3.05) is 19.6 Å². The largest absolute Gasteiger partial charge is 0.475 e. The number of carbonyl (C=O) groups excluding carboxylic acids is 1. The summed E-state index contributed by atoms with van der Waals surface area (Å²) < 4.78 is 29.7. The maximum atomic E-state index is 12.0. The van der Waals surface area contributed by atoms with Crippen LogP contribution in [-0.2, 0) is 14.8 Å². The second-order valence-electron chi connectivity index (χ2n) is 3.61. The number of nitrogens with zero attached hydrogens (tertiary/aromatic N) is 1. The molecule has 18 heavy (non-hydrogen) atoms. The van der Waals surface area contributed by atoms with E-state index < -0.39 is 32.8 Å². The zero-order valence-electron chi connectivity index (χ0n) is 9.12. The molecule has 2 N–H and O–H groups in total. The van der Waals surface area contributed by atoms with Gasteiger partial charge in [-0.25, -0.2) is 13.2 Å². The van der Waals surface area contributed by atoms with Gasteiger partial charge in [0.15, 0.2) is 0 Å². The van der Waals surface area contributed by atoms with Crippen LogP contribution in [0.3, 0.4) is 0 Å². The molecule has 0 spiro atoms. The van der Waals surface area contributed by atoms with Crippen molar-refractivity contribution in [3.8, 4) is 0 Å². The lowest BCUT2D eigenvalue weighted by Gasteiger charge is -2.24. The maximum Gasteiger partial charge on any atom is 0.371 e. The van der Waals surface area contributed by atoms with Gasteiger partial charge in [0, 0.05) is 13.1 Å². The fourth-order valence-corrected chi connectivity index (χ4v) is 2.83. The Morgan fingerprint density at radius 1 is 1.44 bits per heavy atom. The minimum Gasteiger partial charge on any atom is -0.475 e. The Kier molecular flexibility index (Phi) is 3.09. The van der Waals surface area contributed by atoms with Gasteiger partial charge in [0.2, 0.25) is 16.8 Å². The van der Waals surface area contributed by atoms with Gasteiger partial charge in [0.1, 0.15) is 0 Å². The normalized spacial score (nSPS) is 17.4. The van der Waals surface area contributed by atoms with E-state index in [0.717, 1.165) is 16.4 Å². The number of carboxylic acids is 1. The summed E-state index contributed by atoms with van der Waals surface area (Å²) in [7, 11) is -3.97. The first-order valence-electron chi connectivity index (χ1n) is 5.01. The van der Waals surface area contributed by atoms with Crippen LogP contribution in [0, 0.1) is 0 Å². The highest BCUT2D eigenvalue weighted by molar-refractivity contribution is 7.89. The number of sulfonamides is 1. The molecule has 0 saturated carbocycles. The highest BCUT2D eigenvalue weighted by atomic mass is 32.2. The third-order valence-corrected chi connectivity index (χ3v) is 4.11. The van der Waals surface area contributed by atoms with Crippen molar-refractivity contribution in [2.24, 2.45) is 0 Å². The number of carbonyl (C=O) groups is 2. The highest BCUT2D eigenvalue weighted by Crippen LogP contribution is 2.19. The van der Waals surface area contributed by atoms with Crippen LogP contribution in [0.4, 0.5) is 0 Å². The van der Waals surface area contributed by atoms with E-state index in [9.17, 15) is 18.0 Å². The van der Waals surface area contributed by atoms with Crippen LogP contribution in [0.5, 0.6) is 0 Å². The number of furan rings is 1. The third-order valence-electron chi connectivity index (χ3n) is 2.39. The quantitative estimate of drug-likeness (QED) is 0.737. The Hall–Kier alpha value is -1.87. The molecule has 0 unspecified atom stereocenters. The molecule has 1 aliphatic rings. The third kappa shape index (κ3) is 2.22. The van der Waals surface area contributed by atoms with Crippen molar-refractivity contribution in [2.45, 2.75) is 5.09 Å². The lowest BCUT2D eigenvalue weighted by Crippen LogP contribution is -2.49. The molecule has 9 heteroatoms. The molecule has 0 aliphatic carbocycles. The fourth-order valence-electron chi connectivity index (χ4n) is 1.52. The summed E-state index contributed by atoms with van der Waals surface area (Å²) in [4.78, 5) is 21.7. The van der Waals surface area contributed by atoms with Gasteiger partial charge in [0.05, 0.1) is 6.54 Å². The second-order valence-corrected chi connectivity index (χ2v) is 5.48. The predicted octanol–water partition coefficient (Wildman–Crippen LogP) is -0.902. The van der Waals surface area contributed by atoms with Gasteiger partial charge < -0.3 is 14.8 Å². The van der Waals surface area contributed by atoms with Crippen molar-refractivity contribution in [3.63, 3.8) is 0 Å². The van der Waals surface area contributed by atoms with Crippen molar-refractivity contribution in [1.29, 1.82) is 0 Å². The zero-order valence-corrected chi connectivity index (χ0v) is 9.94. The minimum atomic E-state index is -3.97. The minimum absolute atomic E-state index is 0.122. The lowest BCUT2D eigenvalue weighted by atomic mass is 10.4. The molecule has 1 aromatic rings. The molecule has 98 valence electrons. The molecule has 1 amide bonds. The van der Waals surface area contributed by atoms with Gasteiger partial charge in [-0.1, -0.05) is 0 Å². The maximum absolute atomic E-state index is 12.0. The molecule has 2 rings (SSSR count). The van der Waals surface area contributed by atoms with E-state index in [1.54, 1.807) is 0 Å². The Morgan fingerprint density at radius 2 is 2.17 bits per heavy atom. The van der Waals surface area contributed by atoms with Gasteiger partial charge in [0.25, 0.3) is 10.0 Å². The van der Waals surface area contributed by atoms with Crippen LogP contribution < -0.4 is 5.32 Å². The first-order chi connectivity index (χ1) is 8.41. The van der Waals surface area contributed by atoms with Gasteiger partial charge in [-0.3, -0.25) is 4.79 Å². The lowest BCUT2D eigenvalue weighted by molar-refractivity contribution is -0.122. The summed E-state index contributed by atoms with van der Waals surface area (Å²) in [5, 5.41) is 10.7. The summed E-state index contributed by atoms with van der Waals surface area (Å²) in [6.45, 7) is 0.0349. The fraction of sp³-hybridized carbons (Fsp3) is 0.333. The summed E-state index contributed by atoms with van der Waals surface area (Å²) in [5.74, 6) is -2.22. The van der Waals surface area contributed by atoms with E-state index in [0.29, 0.717) is 0 Å². The van der Waals surface area contributed by atoms with Gasteiger partial charge >= 0.3 is 5.97 Å². The molecule has 1 aromatic heterocycles. The van der Waals surface area contributed by atoms with E-state index in [1.807, 2.05) is 0 Å². The molecule has 0 aromatic carbocycles. The van der Waals surface area contributed by atoms with Crippen LogP contribution >= 0.6 is 0 Å². The van der Waals surface area contributed by atoms with Crippen LogP contribution in [0.15, 0.2) is 21.6 Å². The number of amides is 1. The topological polar surface area (TPSA) is 117 Å². The monoisotopic (exact) mass is 274 g/mol. The first kappa shape index (κ1) is 12.6. The van der Waals surface area contributed by atoms with Crippen molar-refractivity contribution >= 4 is 21.9 Å². The summed E-state index contributed by atoms with van der Waals surface area (Å²) >= 11 is 0. The van der Waals surface area contributed by atoms with Crippen LogP contribution in [0.2, 0.25) is 0 Å². The van der Waals surface area contributed by atoms with Gasteiger partial charge in [-0.15, -0.1) is 0 Å². The Labute approximate surface area is 102 Å². The van der Waals surface area contributed by atoms with Crippen molar-refractivity contribution < 1.29 is 27.5 Å². The molecule has 1 fully saturated rings. The molecule has 0 atom stereocenters. The number of hydrogen-bond donors (Lipinski definition) is 2. The molecule has 1 saturated heterocycles. The Morgan fingerprint density at radius 3 is 2.72 bits per heavy atom. The van der Waals surface area contributed by atoms with Gasteiger partial charge in [-0.05, 0) is 12.1 Å². The van der Waals surface area contributed by atoms with E-state index in [-0.39, 0.29) is 19.6 Å². The second kappa shape index (κ2) is 4.42. The smallest absolute Gasteiger partial charge is 0.371 e. The van der Waals surface area contributed by atoms with Crippen LogP contribution in [0.25, 0.3) is 0 Å². The molecular formula is C9H10N2O6S. The molecule has 2 heterocycles. The molecule has 0 radical (unpaired) electrons. The van der Waals surface area contributed by atoms with Crippen molar-refractivity contribution in [1.82, 2.24) is 9.62 Å². The highest BCUT2D eigenvalue weighted by Gasteiger charge is 2.32. The molecule has 1 aliphatic heterocycles. The Bertz CT molecular complexity index is 590. The Balaban J connectivity index is 2.29. The summed E-state index contributed by atoms with van der Waals surface area (Å²) in [6, 6.07) is 2.12. The van der Waals surface area contributed by atoms with Crippen molar-refractivity contribution in [3.05, 3.63) is 17.9 Å². The summed E-state index contributed by atoms with van der Waals surface area (Å²) in [5.41, 5.74) is 0. The molecular weight excluding hydrogens is 264 g/mol. The molecule has 8 nitrogen and oxygen atoms in total. The zero-order chi connectivity index (χ0) is 13.3. The van der Waals surface area contributed by atoms with Crippen LogP contribution in [-0.4, -0.2) is 49.3 Å². The van der Waals surface area contributed by atoms with E-state index >= 15 is 0 Å². The number of hydrogen-bond acceptors (Lipinski definition) is 5. The van der Waals surface area contributed by atoms with E-state index in [1.165, 1.54) is 0 Å². The number of nitrogens with one attached hydrogen (secondary N) is 1. The average Bonchev–Trinajstić information content (AvgIpc) is 2.79.